The van der Waals surface area contributed by atoms with Gasteiger partial charge < -0.3 is 5.73 Å². The van der Waals surface area contributed by atoms with Crippen LogP contribution in [0.15, 0.2) is 0 Å². The normalized spacial score (nSPS) is 19.3. The quantitative estimate of drug-likeness (QED) is 0.732. The SMILES string of the molecule is CCC(C)N(CC)C(C)CC(C)(N)C#N. The Hall–Kier alpha value is -0.590. The van der Waals surface area contributed by atoms with Gasteiger partial charge >= 0.3 is 0 Å². The van der Waals surface area contributed by atoms with E-state index in [0.29, 0.717) is 12.1 Å². The second-order valence-corrected chi connectivity index (χ2v) is 4.67. The summed E-state index contributed by atoms with van der Waals surface area (Å²) in [6.45, 7) is 11.5. The minimum Gasteiger partial charge on any atom is -0.314 e. The summed E-state index contributed by atoms with van der Waals surface area (Å²) in [7, 11) is 0. The van der Waals surface area contributed by atoms with Crippen LogP contribution in [0.2, 0.25) is 0 Å². The van der Waals surface area contributed by atoms with Crippen molar-refractivity contribution in [1.29, 1.82) is 5.26 Å². The highest BCUT2D eigenvalue weighted by Gasteiger charge is 2.25. The molecule has 0 fully saturated rings. The fourth-order valence-electron chi connectivity index (χ4n) is 2.07. The van der Waals surface area contributed by atoms with Gasteiger partial charge in [0.15, 0.2) is 0 Å². The van der Waals surface area contributed by atoms with Crippen LogP contribution in [0.1, 0.15) is 47.5 Å². The van der Waals surface area contributed by atoms with E-state index in [1.807, 2.05) is 0 Å². The van der Waals surface area contributed by atoms with Gasteiger partial charge in [0.1, 0.15) is 5.54 Å². The van der Waals surface area contributed by atoms with Crippen molar-refractivity contribution in [3.63, 3.8) is 0 Å². The monoisotopic (exact) mass is 211 g/mol. The van der Waals surface area contributed by atoms with Crippen molar-refractivity contribution in [1.82, 2.24) is 4.90 Å². The fourth-order valence-corrected chi connectivity index (χ4v) is 2.07. The molecule has 0 rings (SSSR count). The van der Waals surface area contributed by atoms with Gasteiger partial charge in [-0.3, -0.25) is 4.90 Å². The third-order valence-corrected chi connectivity index (χ3v) is 3.06. The Labute approximate surface area is 94.2 Å². The van der Waals surface area contributed by atoms with Crippen LogP contribution in [-0.4, -0.2) is 29.1 Å². The molecule has 88 valence electrons. The maximum absolute atomic E-state index is 8.90. The molecule has 0 aromatic heterocycles. The van der Waals surface area contributed by atoms with E-state index in [1.54, 1.807) is 6.92 Å². The molecule has 0 amide bonds. The molecule has 3 atom stereocenters. The van der Waals surface area contributed by atoms with E-state index < -0.39 is 5.54 Å². The van der Waals surface area contributed by atoms with E-state index in [9.17, 15) is 0 Å². The number of nitrogens with zero attached hydrogens (tertiary/aromatic N) is 2. The standard InChI is InChI=1S/C12H25N3/c1-6-10(3)15(7-2)11(4)8-12(5,14)9-13/h10-11H,6-8,14H2,1-5H3. The minimum absolute atomic E-state index is 0.361. The van der Waals surface area contributed by atoms with E-state index in [-0.39, 0.29) is 0 Å². The summed E-state index contributed by atoms with van der Waals surface area (Å²) in [5, 5.41) is 8.90. The van der Waals surface area contributed by atoms with Gasteiger partial charge in [-0.1, -0.05) is 13.8 Å². The first-order valence-electron chi connectivity index (χ1n) is 5.83. The van der Waals surface area contributed by atoms with Gasteiger partial charge in [-0.25, -0.2) is 0 Å². The van der Waals surface area contributed by atoms with Crippen LogP contribution in [0.25, 0.3) is 0 Å². The first kappa shape index (κ1) is 14.4. The smallest absolute Gasteiger partial charge is 0.102 e. The molecule has 0 aromatic rings. The van der Waals surface area contributed by atoms with Crippen LogP contribution in [0.3, 0.4) is 0 Å². The average Bonchev–Trinajstić information content (AvgIpc) is 2.17. The molecule has 0 radical (unpaired) electrons. The van der Waals surface area contributed by atoms with Crippen LogP contribution in [0.5, 0.6) is 0 Å². The summed E-state index contributed by atoms with van der Waals surface area (Å²) in [6.07, 6.45) is 1.85. The van der Waals surface area contributed by atoms with Crippen LogP contribution in [-0.2, 0) is 0 Å². The number of nitriles is 1. The van der Waals surface area contributed by atoms with Crippen molar-refractivity contribution in [2.75, 3.05) is 6.54 Å². The highest BCUT2D eigenvalue weighted by Crippen LogP contribution is 2.16. The molecule has 0 bridgehead atoms. The third kappa shape index (κ3) is 4.63. The Bertz CT molecular complexity index is 217. The van der Waals surface area contributed by atoms with E-state index in [0.717, 1.165) is 19.4 Å². The number of rotatable bonds is 6. The van der Waals surface area contributed by atoms with Crippen molar-refractivity contribution >= 4 is 0 Å². The molecule has 15 heavy (non-hydrogen) atoms. The molecule has 0 aromatic carbocycles. The summed E-state index contributed by atoms with van der Waals surface area (Å²) < 4.78 is 0. The van der Waals surface area contributed by atoms with Crippen molar-refractivity contribution in [2.45, 2.75) is 65.1 Å². The molecule has 0 spiro atoms. The lowest BCUT2D eigenvalue weighted by atomic mass is 9.95. The Balaban J connectivity index is 4.41. The molecule has 0 saturated carbocycles. The van der Waals surface area contributed by atoms with Gasteiger partial charge in [0, 0.05) is 12.1 Å². The van der Waals surface area contributed by atoms with E-state index in [1.165, 1.54) is 0 Å². The molecule has 3 nitrogen and oxygen atoms in total. The molecule has 0 aliphatic rings. The number of hydrogen-bond acceptors (Lipinski definition) is 3. The summed E-state index contributed by atoms with van der Waals surface area (Å²) >= 11 is 0. The van der Waals surface area contributed by atoms with Crippen molar-refractivity contribution in [2.24, 2.45) is 5.73 Å². The Morgan fingerprint density at radius 3 is 2.20 bits per heavy atom. The lowest BCUT2D eigenvalue weighted by molar-refractivity contribution is 0.140. The van der Waals surface area contributed by atoms with Gasteiger partial charge in [0.2, 0.25) is 0 Å². The van der Waals surface area contributed by atoms with Gasteiger partial charge in [-0.05, 0) is 40.2 Å². The van der Waals surface area contributed by atoms with Gasteiger partial charge in [-0.2, -0.15) is 5.26 Å². The van der Waals surface area contributed by atoms with Crippen LogP contribution < -0.4 is 5.73 Å². The highest BCUT2D eigenvalue weighted by molar-refractivity contribution is 5.02. The highest BCUT2D eigenvalue weighted by atomic mass is 15.2. The molecule has 3 heteroatoms. The number of nitrogens with two attached hydrogens (primary N) is 1. The van der Waals surface area contributed by atoms with Crippen LogP contribution in [0.4, 0.5) is 0 Å². The zero-order chi connectivity index (χ0) is 12.1. The van der Waals surface area contributed by atoms with Gasteiger partial charge in [0.25, 0.3) is 0 Å². The second kappa shape index (κ2) is 6.09. The minimum atomic E-state index is -0.708. The second-order valence-electron chi connectivity index (χ2n) is 4.67. The lowest BCUT2D eigenvalue weighted by Crippen LogP contribution is -2.46. The summed E-state index contributed by atoms with van der Waals surface area (Å²) in [4.78, 5) is 2.41. The lowest BCUT2D eigenvalue weighted by Gasteiger charge is -2.35. The Kier molecular flexibility index (Phi) is 5.85. The maximum Gasteiger partial charge on any atom is 0.102 e. The van der Waals surface area contributed by atoms with Gasteiger partial charge in [-0.15, -0.1) is 0 Å². The molecule has 2 N–H and O–H groups in total. The van der Waals surface area contributed by atoms with E-state index in [4.69, 9.17) is 11.0 Å². The van der Waals surface area contributed by atoms with E-state index in [2.05, 4.69) is 38.7 Å². The van der Waals surface area contributed by atoms with Crippen LogP contribution in [0, 0.1) is 11.3 Å². The Morgan fingerprint density at radius 1 is 1.33 bits per heavy atom. The first-order chi connectivity index (χ1) is 6.87. The molecule has 0 saturated heterocycles. The molecular weight excluding hydrogens is 186 g/mol. The van der Waals surface area contributed by atoms with Crippen molar-refractivity contribution in [3.8, 4) is 6.07 Å². The first-order valence-corrected chi connectivity index (χ1v) is 5.83. The molecule has 3 unspecified atom stereocenters. The van der Waals surface area contributed by atoms with E-state index >= 15 is 0 Å². The van der Waals surface area contributed by atoms with Gasteiger partial charge in [0.05, 0.1) is 6.07 Å². The zero-order valence-electron chi connectivity index (χ0n) is 10.7. The topological polar surface area (TPSA) is 53.0 Å². The summed E-state index contributed by atoms with van der Waals surface area (Å²) in [6, 6.07) is 3.08. The zero-order valence-corrected chi connectivity index (χ0v) is 10.7. The maximum atomic E-state index is 8.90. The average molecular weight is 211 g/mol. The largest absolute Gasteiger partial charge is 0.314 e. The summed E-state index contributed by atoms with van der Waals surface area (Å²) in [5.41, 5.74) is 5.16. The van der Waals surface area contributed by atoms with Crippen molar-refractivity contribution in [3.05, 3.63) is 0 Å². The van der Waals surface area contributed by atoms with Crippen molar-refractivity contribution < 1.29 is 0 Å². The Morgan fingerprint density at radius 2 is 1.87 bits per heavy atom. The predicted octanol–water partition coefficient (Wildman–Crippen LogP) is 2.13. The third-order valence-electron chi connectivity index (χ3n) is 3.06. The molecule has 0 heterocycles. The fraction of sp³-hybridized carbons (Fsp3) is 0.917. The molecular formula is C12H25N3. The number of hydrogen-bond donors (Lipinski definition) is 1. The molecule has 0 aliphatic carbocycles. The predicted molar refractivity (Wildman–Crippen MR) is 64.4 cm³/mol. The summed E-state index contributed by atoms with van der Waals surface area (Å²) in [5.74, 6) is 0. The van der Waals surface area contributed by atoms with Crippen LogP contribution >= 0.6 is 0 Å². The molecule has 0 aliphatic heterocycles.